The van der Waals surface area contributed by atoms with E-state index in [-0.39, 0.29) is 10.8 Å². The van der Waals surface area contributed by atoms with Crippen molar-refractivity contribution in [1.82, 2.24) is 9.62 Å². The summed E-state index contributed by atoms with van der Waals surface area (Å²) in [5, 5.41) is 4.99. The Labute approximate surface area is 192 Å². The second-order valence-electron chi connectivity index (χ2n) is 6.78. The molecule has 0 radical (unpaired) electrons. The van der Waals surface area contributed by atoms with Crippen LogP contribution in [0.1, 0.15) is 34.6 Å². The summed E-state index contributed by atoms with van der Waals surface area (Å²) in [6, 6.07) is 18.4. The SMILES string of the molecule is CCN(CC)S(=O)(=O)c1ccc(CNC(=O)c2ccccc2SCc2cccs2)cc1. The van der Waals surface area contributed by atoms with Crippen LogP contribution in [0.25, 0.3) is 0 Å². The van der Waals surface area contributed by atoms with Gasteiger partial charge in [0, 0.05) is 35.2 Å². The zero-order valence-electron chi connectivity index (χ0n) is 17.6. The van der Waals surface area contributed by atoms with Crippen LogP contribution in [0.4, 0.5) is 0 Å². The first kappa shape index (κ1) is 23.5. The van der Waals surface area contributed by atoms with Gasteiger partial charge >= 0.3 is 0 Å². The number of rotatable bonds is 10. The van der Waals surface area contributed by atoms with Gasteiger partial charge in [0.2, 0.25) is 10.0 Å². The number of carbonyl (C=O) groups is 1. The lowest BCUT2D eigenvalue weighted by molar-refractivity contribution is 0.0948. The summed E-state index contributed by atoms with van der Waals surface area (Å²) >= 11 is 3.35. The molecule has 1 heterocycles. The molecule has 0 bridgehead atoms. The monoisotopic (exact) mass is 474 g/mol. The van der Waals surface area contributed by atoms with Crippen molar-refractivity contribution in [2.45, 2.75) is 35.9 Å². The minimum atomic E-state index is -3.48. The zero-order valence-corrected chi connectivity index (χ0v) is 20.0. The van der Waals surface area contributed by atoms with Gasteiger partial charge in [-0.3, -0.25) is 4.79 Å². The Morgan fingerprint density at radius 3 is 2.35 bits per heavy atom. The van der Waals surface area contributed by atoms with E-state index in [0.29, 0.717) is 25.2 Å². The maximum Gasteiger partial charge on any atom is 0.252 e. The summed E-state index contributed by atoms with van der Waals surface area (Å²) in [5.74, 6) is 0.680. The van der Waals surface area contributed by atoms with Crippen molar-refractivity contribution in [3.8, 4) is 0 Å². The maximum atomic E-state index is 12.8. The molecule has 0 aliphatic rings. The standard InChI is InChI=1S/C23H26N2O3S3/c1-3-25(4-2)31(27,28)20-13-11-18(12-14-20)16-24-23(26)21-9-5-6-10-22(21)30-17-19-8-7-15-29-19/h5-15H,3-4,16-17H2,1-2H3,(H,24,26). The summed E-state index contributed by atoms with van der Waals surface area (Å²) in [6.07, 6.45) is 0. The Balaban J connectivity index is 1.63. The van der Waals surface area contributed by atoms with Crippen molar-refractivity contribution in [2.75, 3.05) is 13.1 Å². The van der Waals surface area contributed by atoms with E-state index in [2.05, 4.69) is 11.4 Å². The molecule has 0 aliphatic heterocycles. The molecule has 1 aromatic heterocycles. The minimum Gasteiger partial charge on any atom is -0.348 e. The lowest BCUT2D eigenvalue weighted by Gasteiger charge is -2.18. The molecule has 0 aliphatic carbocycles. The van der Waals surface area contributed by atoms with Crippen molar-refractivity contribution in [1.29, 1.82) is 0 Å². The van der Waals surface area contributed by atoms with Gasteiger partial charge in [-0.15, -0.1) is 23.1 Å². The number of nitrogens with one attached hydrogen (secondary N) is 1. The Kier molecular flexibility index (Phi) is 8.31. The van der Waals surface area contributed by atoms with Crippen LogP contribution in [-0.4, -0.2) is 31.7 Å². The number of thioether (sulfide) groups is 1. The molecular formula is C23H26N2O3S3. The molecule has 31 heavy (non-hydrogen) atoms. The summed E-state index contributed by atoms with van der Waals surface area (Å²) in [4.78, 5) is 15.2. The fourth-order valence-corrected chi connectivity index (χ4v) is 6.37. The third kappa shape index (κ3) is 5.98. The Bertz CT molecular complexity index is 1090. The average molecular weight is 475 g/mol. The first-order valence-corrected chi connectivity index (χ1v) is 13.4. The quantitative estimate of drug-likeness (QED) is 0.420. The fourth-order valence-electron chi connectivity index (χ4n) is 3.09. The average Bonchev–Trinajstić information content (AvgIpc) is 3.31. The molecule has 164 valence electrons. The molecule has 1 amide bonds. The van der Waals surface area contributed by atoms with E-state index < -0.39 is 10.0 Å². The van der Waals surface area contributed by atoms with Crippen molar-refractivity contribution < 1.29 is 13.2 Å². The number of sulfonamides is 1. The van der Waals surface area contributed by atoms with Crippen molar-refractivity contribution in [2.24, 2.45) is 0 Å². The number of nitrogens with zero attached hydrogens (tertiary/aromatic N) is 1. The van der Waals surface area contributed by atoms with Crippen molar-refractivity contribution in [3.05, 3.63) is 82.0 Å². The van der Waals surface area contributed by atoms with Gasteiger partial charge in [-0.1, -0.05) is 44.2 Å². The molecule has 3 rings (SSSR count). The second-order valence-corrected chi connectivity index (χ2v) is 10.8. The van der Waals surface area contributed by atoms with Gasteiger partial charge in [0.15, 0.2) is 0 Å². The normalized spacial score (nSPS) is 11.6. The Hall–Kier alpha value is -2.13. The highest BCUT2D eigenvalue weighted by Gasteiger charge is 2.21. The highest BCUT2D eigenvalue weighted by Crippen LogP contribution is 2.28. The zero-order chi connectivity index (χ0) is 22.3. The Morgan fingerprint density at radius 2 is 1.71 bits per heavy atom. The van der Waals surface area contributed by atoms with Gasteiger partial charge in [-0.05, 0) is 41.3 Å². The Morgan fingerprint density at radius 1 is 1.00 bits per heavy atom. The topological polar surface area (TPSA) is 66.5 Å². The molecule has 2 aromatic carbocycles. The van der Waals surface area contributed by atoms with Gasteiger partial charge in [-0.25, -0.2) is 8.42 Å². The summed E-state index contributed by atoms with van der Waals surface area (Å²) in [7, 11) is -3.48. The number of benzene rings is 2. The maximum absolute atomic E-state index is 12.8. The number of hydrogen-bond donors (Lipinski definition) is 1. The number of carbonyl (C=O) groups excluding carboxylic acids is 1. The van der Waals surface area contributed by atoms with E-state index in [1.807, 2.05) is 49.6 Å². The number of hydrogen-bond acceptors (Lipinski definition) is 5. The summed E-state index contributed by atoms with van der Waals surface area (Å²) in [6.45, 7) is 4.83. The molecule has 5 nitrogen and oxygen atoms in total. The van der Waals surface area contributed by atoms with E-state index in [4.69, 9.17) is 0 Å². The largest absolute Gasteiger partial charge is 0.348 e. The van der Waals surface area contributed by atoms with Crippen LogP contribution < -0.4 is 5.32 Å². The lowest BCUT2D eigenvalue weighted by atomic mass is 10.2. The molecule has 0 fully saturated rings. The molecule has 0 spiro atoms. The van der Waals surface area contributed by atoms with Crippen LogP contribution in [0.2, 0.25) is 0 Å². The number of amides is 1. The van der Waals surface area contributed by atoms with E-state index in [9.17, 15) is 13.2 Å². The van der Waals surface area contributed by atoms with Crippen LogP contribution in [-0.2, 0) is 22.3 Å². The number of thiophene rings is 1. The highest BCUT2D eigenvalue weighted by atomic mass is 32.2. The van der Waals surface area contributed by atoms with Gasteiger partial charge < -0.3 is 5.32 Å². The van der Waals surface area contributed by atoms with Gasteiger partial charge in [0.25, 0.3) is 5.91 Å². The van der Waals surface area contributed by atoms with Gasteiger partial charge in [0.1, 0.15) is 0 Å². The molecule has 3 aromatic rings. The molecule has 1 N–H and O–H groups in total. The van der Waals surface area contributed by atoms with E-state index >= 15 is 0 Å². The van der Waals surface area contributed by atoms with E-state index in [0.717, 1.165) is 16.2 Å². The van der Waals surface area contributed by atoms with Crippen molar-refractivity contribution in [3.63, 3.8) is 0 Å². The second kappa shape index (κ2) is 10.9. The molecular weight excluding hydrogens is 448 g/mol. The predicted octanol–water partition coefficient (Wildman–Crippen LogP) is 5.00. The lowest BCUT2D eigenvalue weighted by Crippen LogP contribution is -2.30. The molecule has 0 saturated heterocycles. The van der Waals surface area contributed by atoms with E-state index in [1.54, 1.807) is 47.4 Å². The predicted molar refractivity (Wildman–Crippen MR) is 128 cm³/mol. The van der Waals surface area contributed by atoms with Gasteiger partial charge in [-0.2, -0.15) is 4.31 Å². The van der Waals surface area contributed by atoms with Crippen molar-refractivity contribution >= 4 is 39.0 Å². The molecule has 0 atom stereocenters. The van der Waals surface area contributed by atoms with Crippen LogP contribution >= 0.6 is 23.1 Å². The minimum absolute atomic E-state index is 0.144. The smallest absolute Gasteiger partial charge is 0.252 e. The third-order valence-corrected chi connectivity index (χ3v) is 9.05. The molecule has 0 saturated carbocycles. The molecule has 0 unspecified atom stereocenters. The third-order valence-electron chi connectivity index (χ3n) is 4.80. The fraction of sp³-hybridized carbons (Fsp3) is 0.261. The first-order valence-electron chi connectivity index (χ1n) is 10.1. The summed E-state index contributed by atoms with van der Waals surface area (Å²) < 4.78 is 26.6. The first-order chi connectivity index (χ1) is 15.0. The van der Waals surface area contributed by atoms with Gasteiger partial charge in [0.05, 0.1) is 10.5 Å². The van der Waals surface area contributed by atoms with Crippen LogP contribution in [0, 0.1) is 0 Å². The van der Waals surface area contributed by atoms with E-state index in [1.165, 1.54) is 9.18 Å². The molecule has 8 heteroatoms. The van der Waals surface area contributed by atoms with Crippen LogP contribution in [0.5, 0.6) is 0 Å². The van der Waals surface area contributed by atoms with Crippen LogP contribution in [0.15, 0.2) is 75.8 Å². The highest BCUT2D eigenvalue weighted by molar-refractivity contribution is 7.98. The summed E-state index contributed by atoms with van der Waals surface area (Å²) in [5.41, 5.74) is 1.49. The van der Waals surface area contributed by atoms with Crippen LogP contribution in [0.3, 0.4) is 0 Å².